The number of carbonyl (C=O) groups is 4. The van der Waals surface area contributed by atoms with Gasteiger partial charge in [-0.2, -0.15) is 0 Å². The summed E-state index contributed by atoms with van der Waals surface area (Å²) in [6.45, 7) is 6.20. The summed E-state index contributed by atoms with van der Waals surface area (Å²) in [5, 5.41) is 13.6. The van der Waals surface area contributed by atoms with Crippen molar-refractivity contribution in [3.8, 4) is 0 Å². The van der Waals surface area contributed by atoms with Gasteiger partial charge in [0.1, 0.15) is 18.1 Å². The molecule has 21 heavy (non-hydrogen) atoms. The molecule has 0 aromatic heterocycles. The number of hydrogen-bond donors (Lipinski definition) is 3. The molecule has 0 spiro atoms. The average molecular weight is 299 g/mol. The van der Waals surface area contributed by atoms with E-state index in [9.17, 15) is 19.2 Å². The largest absolute Gasteiger partial charge is 0.480 e. The molecule has 0 aliphatic carbocycles. The van der Waals surface area contributed by atoms with Crippen LogP contribution >= 0.6 is 0 Å². The van der Waals surface area contributed by atoms with Crippen LogP contribution in [0.2, 0.25) is 0 Å². The van der Waals surface area contributed by atoms with Gasteiger partial charge in [0, 0.05) is 0 Å². The molecule has 1 fully saturated rings. The van der Waals surface area contributed by atoms with E-state index in [2.05, 4.69) is 10.6 Å². The lowest BCUT2D eigenvalue weighted by Gasteiger charge is -2.28. The molecule has 118 valence electrons. The lowest BCUT2D eigenvalue weighted by molar-refractivity contribution is -0.143. The Bertz CT molecular complexity index is 474. The minimum Gasteiger partial charge on any atom is -0.480 e. The van der Waals surface area contributed by atoms with Crippen LogP contribution in [0.25, 0.3) is 0 Å². The maximum absolute atomic E-state index is 12.0. The van der Waals surface area contributed by atoms with Gasteiger partial charge in [-0.1, -0.05) is 20.3 Å². The van der Waals surface area contributed by atoms with Crippen molar-refractivity contribution < 1.29 is 24.3 Å². The molecule has 8 nitrogen and oxygen atoms in total. The van der Waals surface area contributed by atoms with Gasteiger partial charge in [-0.05, 0) is 19.8 Å². The molecule has 4 amide bonds. The molecule has 0 aromatic rings. The molecular weight excluding hydrogens is 278 g/mol. The van der Waals surface area contributed by atoms with Crippen molar-refractivity contribution in [3.63, 3.8) is 0 Å². The maximum atomic E-state index is 12.0. The maximum Gasteiger partial charge on any atom is 0.326 e. The zero-order chi connectivity index (χ0) is 16.4. The van der Waals surface area contributed by atoms with Crippen molar-refractivity contribution >= 4 is 23.8 Å². The Morgan fingerprint density at radius 1 is 1.38 bits per heavy atom. The van der Waals surface area contributed by atoms with Gasteiger partial charge in [0.2, 0.25) is 5.91 Å². The minimum absolute atomic E-state index is 0.242. The molecule has 1 rings (SSSR count). The number of imide groups is 1. The van der Waals surface area contributed by atoms with Crippen molar-refractivity contribution in [3.05, 3.63) is 0 Å². The first kappa shape index (κ1) is 16.9. The summed E-state index contributed by atoms with van der Waals surface area (Å²) in [6.07, 6.45) is 0.589. The summed E-state index contributed by atoms with van der Waals surface area (Å²) in [4.78, 5) is 47.4. The SMILES string of the molecule is CC[C@H](C)[C@H](NC(=O)CN1C(=O)NC(=O)C1(C)C)C(=O)O. The van der Waals surface area contributed by atoms with Crippen LogP contribution in [0.5, 0.6) is 0 Å². The molecule has 1 aliphatic heterocycles. The minimum atomic E-state index is -1.14. The number of rotatable bonds is 6. The summed E-state index contributed by atoms with van der Waals surface area (Å²) in [6, 6.07) is -1.68. The Morgan fingerprint density at radius 2 is 1.95 bits per heavy atom. The number of hydrogen-bond acceptors (Lipinski definition) is 4. The summed E-state index contributed by atoms with van der Waals surface area (Å²) in [7, 11) is 0. The third-order valence-corrected chi connectivity index (χ3v) is 3.79. The van der Waals surface area contributed by atoms with Gasteiger partial charge < -0.3 is 15.3 Å². The summed E-state index contributed by atoms with van der Waals surface area (Å²) in [5.74, 6) is -2.47. The third-order valence-electron chi connectivity index (χ3n) is 3.79. The highest BCUT2D eigenvalue weighted by atomic mass is 16.4. The quantitative estimate of drug-likeness (QED) is 0.594. The van der Waals surface area contributed by atoms with Crippen LogP contribution < -0.4 is 10.6 Å². The molecule has 0 radical (unpaired) electrons. The van der Waals surface area contributed by atoms with Gasteiger partial charge in [-0.15, -0.1) is 0 Å². The highest BCUT2D eigenvalue weighted by Gasteiger charge is 2.46. The lowest BCUT2D eigenvalue weighted by Crippen LogP contribution is -2.52. The normalized spacial score (nSPS) is 19.9. The highest BCUT2D eigenvalue weighted by molar-refractivity contribution is 6.07. The van der Waals surface area contributed by atoms with E-state index in [-0.39, 0.29) is 12.5 Å². The first-order valence-corrected chi connectivity index (χ1v) is 6.76. The number of nitrogens with one attached hydrogen (secondary N) is 2. The van der Waals surface area contributed by atoms with E-state index in [0.717, 1.165) is 4.90 Å². The van der Waals surface area contributed by atoms with E-state index >= 15 is 0 Å². The monoisotopic (exact) mass is 299 g/mol. The zero-order valence-electron chi connectivity index (χ0n) is 12.6. The van der Waals surface area contributed by atoms with Gasteiger partial charge in [0.15, 0.2) is 0 Å². The van der Waals surface area contributed by atoms with Gasteiger partial charge in [0.25, 0.3) is 5.91 Å². The van der Waals surface area contributed by atoms with Crippen LogP contribution in [0.3, 0.4) is 0 Å². The number of aliphatic carboxylic acids is 1. The number of nitrogens with zero attached hydrogens (tertiary/aromatic N) is 1. The second-order valence-corrected chi connectivity index (χ2v) is 5.67. The first-order chi connectivity index (χ1) is 9.61. The Balaban J connectivity index is 2.75. The van der Waals surface area contributed by atoms with Crippen molar-refractivity contribution in [2.45, 2.75) is 45.7 Å². The van der Waals surface area contributed by atoms with Crippen LogP contribution in [0.15, 0.2) is 0 Å². The van der Waals surface area contributed by atoms with Gasteiger partial charge >= 0.3 is 12.0 Å². The van der Waals surface area contributed by atoms with Crippen molar-refractivity contribution in [2.24, 2.45) is 5.92 Å². The molecule has 1 heterocycles. The number of carboxylic acid groups (broad SMARTS) is 1. The zero-order valence-corrected chi connectivity index (χ0v) is 12.6. The molecule has 0 saturated carbocycles. The van der Waals surface area contributed by atoms with Crippen LogP contribution in [-0.2, 0) is 14.4 Å². The van der Waals surface area contributed by atoms with E-state index < -0.39 is 35.4 Å². The lowest BCUT2D eigenvalue weighted by atomic mass is 9.99. The molecule has 0 bridgehead atoms. The molecule has 8 heteroatoms. The molecule has 2 atom stereocenters. The molecule has 0 aromatic carbocycles. The predicted octanol–water partition coefficient (Wildman–Crippen LogP) is -0.0677. The second kappa shape index (κ2) is 6.11. The smallest absolute Gasteiger partial charge is 0.326 e. The fraction of sp³-hybridized carbons (Fsp3) is 0.692. The van der Waals surface area contributed by atoms with Crippen LogP contribution in [-0.4, -0.2) is 51.9 Å². The molecule has 0 unspecified atom stereocenters. The second-order valence-electron chi connectivity index (χ2n) is 5.67. The Hall–Kier alpha value is -2.12. The highest BCUT2D eigenvalue weighted by Crippen LogP contribution is 2.20. The first-order valence-electron chi connectivity index (χ1n) is 6.76. The van der Waals surface area contributed by atoms with Gasteiger partial charge in [0.05, 0.1) is 0 Å². The fourth-order valence-corrected chi connectivity index (χ4v) is 2.01. The number of carboxylic acids is 1. The standard InChI is InChI=1S/C13H21N3O5/c1-5-7(2)9(10(18)19)14-8(17)6-16-12(21)15-11(20)13(16,3)4/h7,9H,5-6H2,1-4H3,(H,14,17)(H,18,19)(H,15,20,21)/t7-,9-/m0/s1. The van der Waals surface area contributed by atoms with Gasteiger partial charge in [-0.3, -0.25) is 14.9 Å². The summed E-state index contributed by atoms with van der Waals surface area (Å²) < 4.78 is 0. The van der Waals surface area contributed by atoms with Crippen LogP contribution in [0.1, 0.15) is 34.1 Å². The summed E-state index contributed by atoms with van der Waals surface area (Å²) in [5.41, 5.74) is -1.14. The predicted molar refractivity (Wildman–Crippen MR) is 73.3 cm³/mol. The van der Waals surface area contributed by atoms with Crippen molar-refractivity contribution in [2.75, 3.05) is 6.54 Å². The number of urea groups is 1. The number of amides is 4. The fourth-order valence-electron chi connectivity index (χ4n) is 2.01. The third kappa shape index (κ3) is 3.50. The Kier molecular flexibility index (Phi) is 4.93. The van der Waals surface area contributed by atoms with E-state index in [0.29, 0.717) is 6.42 Å². The van der Waals surface area contributed by atoms with E-state index in [4.69, 9.17) is 5.11 Å². The molecule has 1 saturated heterocycles. The van der Waals surface area contributed by atoms with Crippen LogP contribution in [0.4, 0.5) is 4.79 Å². The topological polar surface area (TPSA) is 116 Å². The molecule has 1 aliphatic rings. The van der Waals surface area contributed by atoms with Gasteiger partial charge in [-0.25, -0.2) is 9.59 Å². The van der Waals surface area contributed by atoms with Crippen molar-refractivity contribution in [1.82, 2.24) is 15.5 Å². The van der Waals surface area contributed by atoms with E-state index in [1.54, 1.807) is 6.92 Å². The van der Waals surface area contributed by atoms with E-state index in [1.807, 2.05) is 6.92 Å². The molecular formula is C13H21N3O5. The van der Waals surface area contributed by atoms with E-state index in [1.165, 1.54) is 13.8 Å². The summed E-state index contributed by atoms with van der Waals surface area (Å²) >= 11 is 0. The Labute approximate surface area is 122 Å². The average Bonchev–Trinajstić information content (AvgIpc) is 2.57. The number of carbonyl (C=O) groups excluding carboxylic acids is 3. The van der Waals surface area contributed by atoms with Crippen molar-refractivity contribution in [1.29, 1.82) is 0 Å². The molecule has 3 N–H and O–H groups in total. The van der Waals surface area contributed by atoms with Crippen LogP contribution in [0, 0.1) is 5.92 Å². The Morgan fingerprint density at radius 3 is 2.33 bits per heavy atom.